The van der Waals surface area contributed by atoms with Crippen LogP contribution in [0.2, 0.25) is 0 Å². The Bertz CT molecular complexity index is 465. The molecule has 0 bridgehead atoms. The van der Waals surface area contributed by atoms with Crippen LogP contribution in [0.15, 0.2) is 18.2 Å². The minimum Gasteiger partial charge on any atom is -0.388 e. The lowest BCUT2D eigenvalue weighted by Crippen LogP contribution is -2.35. The first-order valence-electron chi connectivity index (χ1n) is 5.20. The smallest absolute Gasteiger partial charge is 0.388 e. The first kappa shape index (κ1) is 15.0. The summed E-state index contributed by atoms with van der Waals surface area (Å²) in [5, 5.41) is 24.4. The summed E-state index contributed by atoms with van der Waals surface area (Å²) >= 11 is 0. The van der Waals surface area contributed by atoms with Gasteiger partial charge in [0.25, 0.3) is 5.69 Å². The van der Waals surface area contributed by atoms with Crippen LogP contribution in [0.4, 0.5) is 30.2 Å². The summed E-state index contributed by atoms with van der Waals surface area (Å²) in [4.78, 5) is 9.98. The van der Waals surface area contributed by atoms with E-state index in [1.807, 2.05) is 0 Å². The molecular weight excluding hydrogens is 267 g/mol. The number of halogens is 3. The molecule has 0 radical (unpaired) electrons. The van der Waals surface area contributed by atoms with E-state index >= 15 is 0 Å². The van der Waals surface area contributed by atoms with Crippen LogP contribution in [0.1, 0.15) is 0 Å². The van der Waals surface area contributed by atoms with E-state index in [0.717, 1.165) is 6.07 Å². The van der Waals surface area contributed by atoms with E-state index in [2.05, 4.69) is 10.6 Å². The van der Waals surface area contributed by atoms with Gasteiger partial charge >= 0.3 is 6.18 Å². The van der Waals surface area contributed by atoms with E-state index in [0.29, 0.717) is 5.69 Å². The fraction of sp³-hybridized carbons (Fsp3) is 0.400. The molecule has 0 aliphatic heterocycles. The third-order valence-corrected chi connectivity index (χ3v) is 2.29. The molecule has 1 unspecified atom stereocenters. The molecule has 0 spiro atoms. The van der Waals surface area contributed by atoms with E-state index < -0.39 is 23.7 Å². The highest BCUT2D eigenvalue weighted by Crippen LogP contribution is 2.25. The standard InChI is InChI=1S/C10H12F3N3O3/c1-14-6-2-7(4-8(3-6)16(18)19)15-5-9(17)10(11,12)13/h2-4,9,14-15,17H,5H2,1H3. The second kappa shape index (κ2) is 5.74. The van der Waals surface area contributed by atoms with Gasteiger partial charge < -0.3 is 15.7 Å². The van der Waals surface area contributed by atoms with Crippen LogP contribution in [0.5, 0.6) is 0 Å². The number of hydrogen-bond acceptors (Lipinski definition) is 5. The summed E-state index contributed by atoms with van der Waals surface area (Å²) in [7, 11) is 1.52. The van der Waals surface area contributed by atoms with Gasteiger partial charge in [0, 0.05) is 37.1 Å². The minimum atomic E-state index is -4.74. The highest BCUT2D eigenvalue weighted by Gasteiger charge is 2.37. The normalized spacial score (nSPS) is 12.9. The van der Waals surface area contributed by atoms with Crippen molar-refractivity contribution < 1.29 is 23.2 Å². The van der Waals surface area contributed by atoms with Crippen LogP contribution < -0.4 is 10.6 Å². The maximum absolute atomic E-state index is 12.1. The fourth-order valence-corrected chi connectivity index (χ4v) is 1.29. The van der Waals surface area contributed by atoms with Gasteiger partial charge in [-0.1, -0.05) is 0 Å². The predicted molar refractivity (Wildman–Crippen MR) is 63.2 cm³/mol. The van der Waals surface area contributed by atoms with E-state index in [4.69, 9.17) is 5.11 Å². The molecule has 1 rings (SSSR count). The minimum absolute atomic E-state index is 0.113. The third-order valence-electron chi connectivity index (χ3n) is 2.29. The van der Waals surface area contributed by atoms with Crippen LogP contribution in [-0.2, 0) is 0 Å². The van der Waals surface area contributed by atoms with Crippen molar-refractivity contribution in [1.82, 2.24) is 0 Å². The summed E-state index contributed by atoms with van der Waals surface area (Å²) in [6.07, 6.45) is -7.27. The van der Waals surface area contributed by atoms with Gasteiger partial charge in [-0.15, -0.1) is 0 Å². The Hall–Kier alpha value is -2.03. The highest BCUT2D eigenvalue weighted by molar-refractivity contribution is 5.63. The first-order valence-corrected chi connectivity index (χ1v) is 5.20. The number of anilines is 2. The number of nitro groups is 1. The van der Waals surface area contributed by atoms with E-state index in [9.17, 15) is 23.3 Å². The van der Waals surface area contributed by atoms with Gasteiger partial charge in [0.1, 0.15) is 0 Å². The molecule has 0 saturated carbocycles. The molecule has 0 heterocycles. The van der Waals surface area contributed by atoms with Crippen molar-refractivity contribution in [3.8, 4) is 0 Å². The third kappa shape index (κ3) is 4.28. The number of nitrogens with zero attached hydrogens (tertiary/aromatic N) is 1. The SMILES string of the molecule is CNc1cc(NCC(O)C(F)(F)F)cc([N+](=O)[O-])c1. The monoisotopic (exact) mass is 279 g/mol. The number of rotatable bonds is 5. The maximum atomic E-state index is 12.1. The molecule has 19 heavy (non-hydrogen) atoms. The van der Waals surface area contributed by atoms with Crippen molar-refractivity contribution in [1.29, 1.82) is 0 Å². The molecule has 3 N–H and O–H groups in total. The number of nitrogens with one attached hydrogen (secondary N) is 2. The topological polar surface area (TPSA) is 87.4 Å². The van der Waals surface area contributed by atoms with Gasteiger partial charge in [-0.25, -0.2) is 0 Å². The zero-order chi connectivity index (χ0) is 14.6. The lowest BCUT2D eigenvalue weighted by atomic mass is 10.2. The zero-order valence-electron chi connectivity index (χ0n) is 9.86. The van der Waals surface area contributed by atoms with Crippen LogP contribution in [0, 0.1) is 10.1 Å². The molecule has 6 nitrogen and oxygen atoms in total. The summed E-state index contributed by atoms with van der Waals surface area (Å²) in [6, 6.07) is 3.73. The number of aliphatic hydroxyl groups is 1. The average Bonchev–Trinajstić information content (AvgIpc) is 2.34. The number of benzene rings is 1. The average molecular weight is 279 g/mol. The van der Waals surface area contributed by atoms with Crippen molar-refractivity contribution >= 4 is 17.1 Å². The molecule has 0 fully saturated rings. The number of alkyl halides is 3. The predicted octanol–water partition coefficient (Wildman–Crippen LogP) is 1.97. The Labute approximate surface area is 106 Å². The Kier molecular flexibility index (Phi) is 4.54. The lowest BCUT2D eigenvalue weighted by Gasteiger charge is -2.16. The Morgan fingerprint density at radius 1 is 1.37 bits per heavy atom. The molecule has 1 aromatic rings. The number of non-ortho nitro benzene ring substituents is 1. The molecule has 1 atom stereocenters. The van der Waals surface area contributed by atoms with Gasteiger partial charge in [0.15, 0.2) is 6.10 Å². The summed E-state index contributed by atoms with van der Waals surface area (Å²) in [5.41, 5.74) is 0.218. The molecule has 0 aliphatic rings. The quantitative estimate of drug-likeness (QED) is 0.566. The molecule has 0 saturated heterocycles. The fourth-order valence-electron chi connectivity index (χ4n) is 1.29. The lowest BCUT2D eigenvalue weighted by molar-refractivity contribution is -0.384. The van der Waals surface area contributed by atoms with Crippen molar-refractivity contribution in [2.24, 2.45) is 0 Å². The van der Waals surface area contributed by atoms with E-state index in [1.54, 1.807) is 0 Å². The second-order valence-corrected chi connectivity index (χ2v) is 3.71. The van der Waals surface area contributed by atoms with Crippen LogP contribution in [-0.4, -0.2) is 35.9 Å². The van der Waals surface area contributed by atoms with Gasteiger partial charge in [-0.2, -0.15) is 13.2 Å². The first-order chi connectivity index (χ1) is 8.74. The molecule has 0 aromatic heterocycles. The van der Waals surface area contributed by atoms with Crippen LogP contribution >= 0.6 is 0 Å². The van der Waals surface area contributed by atoms with E-state index in [1.165, 1.54) is 19.2 Å². The number of hydrogen-bond donors (Lipinski definition) is 3. The molecule has 1 aromatic carbocycles. The Morgan fingerprint density at radius 2 is 1.95 bits per heavy atom. The molecule has 0 aliphatic carbocycles. The Morgan fingerprint density at radius 3 is 2.42 bits per heavy atom. The van der Waals surface area contributed by atoms with E-state index in [-0.39, 0.29) is 11.4 Å². The van der Waals surface area contributed by atoms with Gasteiger partial charge in [0.05, 0.1) is 4.92 Å². The maximum Gasteiger partial charge on any atom is 0.416 e. The molecule has 9 heteroatoms. The molecular formula is C10H12F3N3O3. The highest BCUT2D eigenvalue weighted by atomic mass is 19.4. The van der Waals surface area contributed by atoms with Crippen molar-refractivity contribution in [2.75, 3.05) is 24.2 Å². The summed E-state index contributed by atoms with van der Waals surface area (Å²) < 4.78 is 36.3. The Balaban J connectivity index is 2.83. The molecule has 0 amide bonds. The van der Waals surface area contributed by atoms with Crippen LogP contribution in [0.3, 0.4) is 0 Å². The largest absolute Gasteiger partial charge is 0.416 e. The summed E-state index contributed by atoms with van der Waals surface area (Å²) in [5.74, 6) is 0. The van der Waals surface area contributed by atoms with Crippen LogP contribution in [0.25, 0.3) is 0 Å². The molecule has 106 valence electrons. The summed E-state index contributed by atoms with van der Waals surface area (Å²) in [6.45, 7) is -0.784. The second-order valence-electron chi connectivity index (χ2n) is 3.71. The van der Waals surface area contributed by atoms with Crippen molar-refractivity contribution in [3.63, 3.8) is 0 Å². The van der Waals surface area contributed by atoms with Crippen molar-refractivity contribution in [2.45, 2.75) is 12.3 Å². The van der Waals surface area contributed by atoms with Gasteiger partial charge in [-0.3, -0.25) is 10.1 Å². The van der Waals surface area contributed by atoms with Gasteiger partial charge in [-0.05, 0) is 6.07 Å². The van der Waals surface area contributed by atoms with Crippen molar-refractivity contribution in [3.05, 3.63) is 28.3 Å². The zero-order valence-corrected chi connectivity index (χ0v) is 9.86. The number of nitro benzene ring substituents is 1. The van der Waals surface area contributed by atoms with Gasteiger partial charge in [0.2, 0.25) is 0 Å². The number of aliphatic hydroxyl groups excluding tert-OH is 1.